The number of ether oxygens (including phenoxy) is 4. The van der Waals surface area contributed by atoms with E-state index in [0.29, 0.717) is 16.9 Å². The molecule has 1 aromatic carbocycles. The van der Waals surface area contributed by atoms with Gasteiger partial charge in [-0.3, -0.25) is 14.4 Å². The lowest BCUT2D eigenvalue weighted by Crippen LogP contribution is -2.55. The zero-order chi connectivity index (χ0) is 23.3. The molecule has 2 heterocycles. The van der Waals surface area contributed by atoms with Crippen molar-refractivity contribution in [2.24, 2.45) is 0 Å². The number of rotatable bonds is 6. The molecule has 170 valence electrons. The molecule has 10 heteroatoms. The number of hydrogen-bond donors (Lipinski definition) is 0. The molecular formula is C22H22FNO7S. The predicted octanol–water partition coefficient (Wildman–Crippen LogP) is 3.13. The maximum absolute atomic E-state index is 14.1. The number of carbonyl (C=O) groups excluding carboxylic acids is 3. The van der Waals surface area contributed by atoms with Gasteiger partial charge in [-0.2, -0.15) is 4.39 Å². The Balaban J connectivity index is 1.88. The Bertz CT molecular complexity index is 1000. The second-order valence-corrected chi connectivity index (χ2v) is 8.12. The molecule has 0 amide bonds. The van der Waals surface area contributed by atoms with Crippen LogP contribution in [0.3, 0.4) is 0 Å². The van der Waals surface area contributed by atoms with Crippen LogP contribution in [0.1, 0.15) is 20.8 Å². The molecule has 1 fully saturated rings. The van der Waals surface area contributed by atoms with E-state index in [1.54, 1.807) is 36.4 Å². The Morgan fingerprint density at radius 3 is 2.31 bits per heavy atom. The van der Waals surface area contributed by atoms with Gasteiger partial charge in [0.05, 0.1) is 0 Å². The van der Waals surface area contributed by atoms with Gasteiger partial charge in [-0.25, -0.2) is 4.98 Å². The first-order valence-electron chi connectivity index (χ1n) is 9.75. The Morgan fingerprint density at radius 1 is 0.969 bits per heavy atom. The first kappa shape index (κ1) is 23.5. The van der Waals surface area contributed by atoms with Crippen molar-refractivity contribution in [1.82, 2.24) is 4.98 Å². The smallest absolute Gasteiger partial charge is 0.303 e. The quantitative estimate of drug-likeness (QED) is 0.363. The SMILES string of the molecule is CC(=O)O[C@@H]1[C@@H](OC(C)=O)[C@@H](Oc2cccc(-c3cccnc3F)c2)SC[C@H]1OC(C)=O. The molecule has 0 unspecified atom stereocenters. The number of hydrogen-bond acceptors (Lipinski definition) is 9. The van der Waals surface area contributed by atoms with E-state index in [-0.39, 0.29) is 5.75 Å². The van der Waals surface area contributed by atoms with Crippen LogP contribution in [0.15, 0.2) is 42.6 Å². The number of thioether (sulfide) groups is 1. The van der Waals surface area contributed by atoms with E-state index in [4.69, 9.17) is 18.9 Å². The minimum absolute atomic E-state index is 0.247. The lowest BCUT2D eigenvalue weighted by atomic mass is 10.1. The summed E-state index contributed by atoms with van der Waals surface area (Å²) in [6, 6.07) is 9.92. The van der Waals surface area contributed by atoms with E-state index < -0.39 is 47.6 Å². The largest absolute Gasteiger partial charge is 0.476 e. The van der Waals surface area contributed by atoms with Gasteiger partial charge in [0.15, 0.2) is 23.7 Å². The molecule has 1 saturated heterocycles. The van der Waals surface area contributed by atoms with Gasteiger partial charge in [-0.1, -0.05) is 12.1 Å². The van der Waals surface area contributed by atoms with Crippen LogP contribution in [0, 0.1) is 5.95 Å². The molecule has 32 heavy (non-hydrogen) atoms. The van der Waals surface area contributed by atoms with Gasteiger partial charge in [0.1, 0.15) is 5.75 Å². The van der Waals surface area contributed by atoms with Crippen LogP contribution in [-0.2, 0) is 28.6 Å². The molecule has 4 atom stereocenters. The van der Waals surface area contributed by atoms with Gasteiger partial charge in [0.2, 0.25) is 5.95 Å². The summed E-state index contributed by atoms with van der Waals surface area (Å²) in [7, 11) is 0. The van der Waals surface area contributed by atoms with Crippen LogP contribution in [0.25, 0.3) is 11.1 Å². The highest BCUT2D eigenvalue weighted by Crippen LogP contribution is 2.35. The minimum atomic E-state index is -1.05. The Hall–Kier alpha value is -3.14. The summed E-state index contributed by atoms with van der Waals surface area (Å²) in [6.45, 7) is 3.66. The van der Waals surface area contributed by atoms with Gasteiger partial charge in [0, 0.05) is 38.3 Å². The summed E-state index contributed by atoms with van der Waals surface area (Å²) in [5.41, 5.74) is 0.0785. The molecule has 1 aromatic heterocycles. The van der Waals surface area contributed by atoms with Crippen molar-refractivity contribution in [3.8, 4) is 16.9 Å². The summed E-state index contributed by atoms with van der Waals surface area (Å²) >= 11 is 1.24. The standard InChI is InChI=1S/C22H22FNO7S/c1-12(25)28-18-11-32-22(20(30-14(3)27)19(18)29-13(2)26)31-16-7-4-6-15(10-16)17-8-5-9-24-21(17)23/h4-10,18-20,22H,11H2,1-3H3/t18-,19+,20-,22+/m1/s1. The van der Waals surface area contributed by atoms with E-state index in [1.165, 1.54) is 38.7 Å². The normalized spacial score (nSPS) is 22.5. The van der Waals surface area contributed by atoms with Crippen LogP contribution in [0.4, 0.5) is 4.39 Å². The van der Waals surface area contributed by atoms with Crippen molar-refractivity contribution in [1.29, 1.82) is 0 Å². The molecule has 0 radical (unpaired) electrons. The molecule has 0 saturated carbocycles. The maximum atomic E-state index is 14.1. The fraction of sp³-hybridized carbons (Fsp3) is 0.364. The second kappa shape index (κ2) is 10.4. The third-order valence-electron chi connectivity index (χ3n) is 4.46. The van der Waals surface area contributed by atoms with E-state index in [9.17, 15) is 18.8 Å². The average Bonchev–Trinajstić information content (AvgIpc) is 2.72. The molecule has 0 N–H and O–H groups in total. The van der Waals surface area contributed by atoms with E-state index in [0.717, 1.165) is 0 Å². The summed E-state index contributed by atoms with van der Waals surface area (Å²) in [5, 5.41) is 0. The average molecular weight is 463 g/mol. The molecule has 2 aromatic rings. The second-order valence-electron chi connectivity index (χ2n) is 6.99. The Kier molecular flexibility index (Phi) is 7.68. The Labute approximate surface area is 188 Å². The van der Waals surface area contributed by atoms with Gasteiger partial charge in [-0.05, 0) is 29.8 Å². The molecule has 1 aliphatic rings. The van der Waals surface area contributed by atoms with Gasteiger partial charge < -0.3 is 18.9 Å². The van der Waals surface area contributed by atoms with Crippen molar-refractivity contribution in [3.63, 3.8) is 0 Å². The fourth-order valence-electron chi connectivity index (χ4n) is 3.28. The van der Waals surface area contributed by atoms with Gasteiger partial charge >= 0.3 is 17.9 Å². The highest BCUT2D eigenvalue weighted by atomic mass is 32.2. The maximum Gasteiger partial charge on any atom is 0.303 e. The van der Waals surface area contributed by atoms with Gasteiger partial charge in [0.25, 0.3) is 0 Å². The summed E-state index contributed by atoms with van der Waals surface area (Å²) in [6.07, 6.45) is -1.55. The number of halogens is 1. The molecule has 0 aliphatic carbocycles. The van der Waals surface area contributed by atoms with E-state index >= 15 is 0 Å². The summed E-state index contributed by atoms with van der Waals surface area (Å²) < 4.78 is 36.2. The third kappa shape index (κ3) is 5.97. The number of esters is 3. The molecule has 1 aliphatic heterocycles. The van der Waals surface area contributed by atoms with Crippen molar-refractivity contribution in [2.45, 2.75) is 44.5 Å². The minimum Gasteiger partial charge on any atom is -0.476 e. The van der Waals surface area contributed by atoms with Crippen LogP contribution in [0.5, 0.6) is 5.75 Å². The third-order valence-corrected chi connectivity index (χ3v) is 5.68. The monoisotopic (exact) mass is 463 g/mol. The Morgan fingerprint density at radius 2 is 1.66 bits per heavy atom. The first-order chi connectivity index (χ1) is 15.2. The first-order valence-corrected chi connectivity index (χ1v) is 10.8. The number of pyridine rings is 1. The van der Waals surface area contributed by atoms with Crippen LogP contribution >= 0.6 is 11.8 Å². The highest BCUT2D eigenvalue weighted by molar-refractivity contribution is 7.99. The highest BCUT2D eigenvalue weighted by Gasteiger charge is 2.47. The molecule has 0 spiro atoms. The van der Waals surface area contributed by atoms with Crippen molar-refractivity contribution < 1.29 is 37.7 Å². The molecule has 8 nitrogen and oxygen atoms in total. The number of nitrogens with zero attached hydrogens (tertiary/aromatic N) is 1. The van der Waals surface area contributed by atoms with Crippen molar-refractivity contribution in [2.75, 3.05) is 5.75 Å². The molecule has 3 rings (SSSR count). The molecular weight excluding hydrogens is 441 g/mol. The van der Waals surface area contributed by atoms with Crippen LogP contribution < -0.4 is 4.74 Å². The number of benzene rings is 1. The zero-order valence-electron chi connectivity index (χ0n) is 17.6. The molecule has 0 bridgehead atoms. The topological polar surface area (TPSA) is 101 Å². The van der Waals surface area contributed by atoms with E-state index in [2.05, 4.69) is 4.98 Å². The number of carbonyl (C=O) groups is 3. The van der Waals surface area contributed by atoms with Crippen LogP contribution in [0.2, 0.25) is 0 Å². The van der Waals surface area contributed by atoms with Crippen molar-refractivity contribution >= 4 is 29.7 Å². The van der Waals surface area contributed by atoms with Gasteiger partial charge in [-0.15, -0.1) is 11.8 Å². The summed E-state index contributed by atoms with van der Waals surface area (Å²) in [4.78, 5) is 38.6. The fourth-order valence-corrected chi connectivity index (χ4v) is 4.50. The van der Waals surface area contributed by atoms with E-state index in [1.807, 2.05) is 0 Å². The number of aromatic nitrogens is 1. The lowest BCUT2D eigenvalue weighted by Gasteiger charge is -2.39. The van der Waals surface area contributed by atoms with Crippen LogP contribution in [-0.4, -0.2) is 52.4 Å². The zero-order valence-corrected chi connectivity index (χ0v) is 18.5. The predicted molar refractivity (Wildman–Crippen MR) is 113 cm³/mol. The van der Waals surface area contributed by atoms with Crippen molar-refractivity contribution in [3.05, 3.63) is 48.5 Å². The summed E-state index contributed by atoms with van der Waals surface area (Å²) in [5.74, 6) is -1.78. The lowest BCUT2D eigenvalue weighted by molar-refractivity contribution is -0.186.